The zero-order chi connectivity index (χ0) is 26.1. The van der Waals surface area contributed by atoms with Gasteiger partial charge in [-0.1, -0.05) is 93.7 Å². The van der Waals surface area contributed by atoms with Gasteiger partial charge >= 0.3 is 51.4 Å². The molecular weight excluding hydrogens is 504 g/mol. The summed E-state index contributed by atoms with van der Waals surface area (Å²) in [6, 6.07) is 20.4. The molecule has 0 aliphatic rings. The molecule has 0 amide bonds. The van der Waals surface area contributed by atoms with Gasteiger partial charge in [0, 0.05) is 17.9 Å². The molecule has 0 aliphatic heterocycles. The molecule has 2 rings (SSSR count). The van der Waals surface area contributed by atoms with Crippen molar-refractivity contribution in [3.05, 3.63) is 71.8 Å². The van der Waals surface area contributed by atoms with Crippen LogP contribution in [0.1, 0.15) is 46.2 Å². The van der Waals surface area contributed by atoms with Crippen molar-refractivity contribution in [2.45, 2.75) is 68.0 Å². The summed E-state index contributed by atoms with van der Waals surface area (Å²) < 4.78 is 11.3. The van der Waals surface area contributed by atoms with Gasteiger partial charge in [0.05, 0.1) is 26.4 Å². The van der Waals surface area contributed by atoms with Crippen LogP contribution >= 0.6 is 0 Å². The van der Waals surface area contributed by atoms with Gasteiger partial charge < -0.3 is 20.1 Å². The molecule has 6 heteroatoms. The minimum absolute atomic E-state index is 0. The summed E-state index contributed by atoms with van der Waals surface area (Å²) in [7, 11) is -0.287. The van der Waals surface area contributed by atoms with Crippen molar-refractivity contribution < 1.29 is 71.4 Å². The molecular formula is C31H49KO4Si. The van der Waals surface area contributed by atoms with E-state index >= 15 is 0 Å². The molecule has 0 saturated carbocycles. The minimum atomic E-state index is -1.29. The Balaban J connectivity index is -0.000000261. The van der Waals surface area contributed by atoms with E-state index in [1.807, 2.05) is 62.4 Å². The van der Waals surface area contributed by atoms with Crippen LogP contribution in [-0.4, -0.2) is 39.0 Å². The molecule has 0 heterocycles. The van der Waals surface area contributed by atoms with Gasteiger partial charge in [0.25, 0.3) is 0 Å². The first-order valence-corrected chi connectivity index (χ1v) is 15.1. The number of aliphatic hydroxyl groups is 1. The number of terminal acetylenes is 1. The first kappa shape index (κ1) is 43.3. The summed E-state index contributed by atoms with van der Waals surface area (Å²) in [5, 5.41) is 7.00. The molecule has 2 N–H and O–H groups in total. The van der Waals surface area contributed by atoms with Crippen LogP contribution in [0.2, 0.25) is 19.6 Å². The van der Waals surface area contributed by atoms with Crippen molar-refractivity contribution in [3.8, 4) is 23.8 Å². The number of benzene rings is 2. The monoisotopic (exact) mass is 552 g/mol. The van der Waals surface area contributed by atoms with Crippen molar-refractivity contribution in [3.63, 3.8) is 0 Å². The van der Waals surface area contributed by atoms with E-state index in [1.165, 1.54) is 11.1 Å². The van der Waals surface area contributed by atoms with Crippen molar-refractivity contribution >= 4 is 8.07 Å². The summed E-state index contributed by atoms with van der Waals surface area (Å²) >= 11 is 0. The molecule has 0 aliphatic carbocycles. The molecule has 0 aromatic heterocycles. The molecule has 4 nitrogen and oxygen atoms in total. The molecule has 0 saturated heterocycles. The Morgan fingerprint density at radius 2 is 1.11 bits per heavy atom. The van der Waals surface area contributed by atoms with Crippen LogP contribution in [0, 0.1) is 34.6 Å². The van der Waals surface area contributed by atoms with Gasteiger partial charge in [0.15, 0.2) is 0 Å². The van der Waals surface area contributed by atoms with E-state index in [2.05, 4.69) is 63.0 Å². The number of aliphatic hydroxyl groups excluding tert-OH is 1. The van der Waals surface area contributed by atoms with Gasteiger partial charge in [-0.3, -0.25) is 0 Å². The SMILES string of the molecule is C.C#CC(C)(C)COCc1ccccc1.CC(C)(C#C[Si](C)(C)C)COCc1ccccc1.CO.[K+].[OH-]. The fraction of sp³-hybridized carbons (Fsp3) is 0.484. The third kappa shape index (κ3) is 25.3. The Kier molecular flexibility index (Phi) is 27.1. The van der Waals surface area contributed by atoms with E-state index < -0.39 is 8.07 Å². The summed E-state index contributed by atoms with van der Waals surface area (Å²) in [5.74, 6) is 6.07. The van der Waals surface area contributed by atoms with Crippen molar-refractivity contribution in [2.75, 3.05) is 20.3 Å². The molecule has 0 radical (unpaired) electrons. The molecule has 0 bridgehead atoms. The molecule has 2 aromatic rings. The van der Waals surface area contributed by atoms with Crippen molar-refractivity contribution in [1.82, 2.24) is 0 Å². The Labute approximate surface area is 271 Å². The van der Waals surface area contributed by atoms with E-state index in [0.29, 0.717) is 26.4 Å². The topological polar surface area (TPSA) is 68.7 Å². The van der Waals surface area contributed by atoms with Crippen LogP contribution in [0.4, 0.5) is 0 Å². The predicted molar refractivity (Wildman–Crippen MR) is 157 cm³/mol. The first-order valence-electron chi connectivity index (χ1n) is 11.6. The van der Waals surface area contributed by atoms with Gasteiger partial charge in [-0.05, 0) is 38.8 Å². The maximum Gasteiger partial charge on any atom is 1.00 e. The van der Waals surface area contributed by atoms with Crippen LogP contribution in [0.15, 0.2) is 60.7 Å². The van der Waals surface area contributed by atoms with Crippen molar-refractivity contribution in [1.29, 1.82) is 0 Å². The Morgan fingerprint density at radius 1 is 0.757 bits per heavy atom. The zero-order valence-electron chi connectivity index (χ0n) is 23.9. The van der Waals surface area contributed by atoms with E-state index in [9.17, 15) is 0 Å². The van der Waals surface area contributed by atoms with Crippen LogP contribution < -0.4 is 51.4 Å². The van der Waals surface area contributed by atoms with E-state index in [-0.39, 0.29) is 75.1 Å². The molecule has 0 fully saturated rings. The summed E-state index contributed by atoms with van der Waals surface area (Å²) in [6.45, 7) is 17.7. The largest absolute Gasteiger partial charge is 1.00 e. The normalized spacial score (nSPS) is 10.1. The quantitative estimate of drug-likeness (QED) is 0.396. The van der Waals surface area contributed by atoms with E-state index in [4.69, 9.17) is 21.0 Å². The number of rotatable bonds is 8. The number of ether oxygens (including phenoxy) is 2. The van der Waals surface area contributed by atoms with Gasteiger partial charge in [-0.25, -0.2) is 0 Å². The zero-order valence-corrected chi connectivity index (χ0v) is 28.0. The van der Waals surface area contributed by atoms with Gasteiger partial charge in [0.2, 0.25) is 0 Å². The summed E-state index contributed by atoms with van der Waals surface area (Å²) in [6.07, 6.45) is 5.36. The molecule has 37 heavy (non-hydrogen) atoms. The molecule has 202 valence electrons. The first-order chi connectivity index (χ1) is 15.9. The molecule has 0 spiro atoms. The Hall–Kier alpha value is -0.747. The second-order valence-electron chi connectivity index (χ2n) is 10.4. The van der Waals surface area contributed by atoms with Gasteiger partial charge in [-0.15, -0.1) is 17.9 Å². The molecule has 2 aromatic carbocycles. The van der Waals surface area contributed by atoms with Crippen LogP contribution in [-0.2, 0) is 22.7 Å². The van der Waals surface area contributed by atoms with E-state index in [0.717, 1.165) is 7.11 Å². The maximum absolute atomic E-state index is 7.00. The Morgan fingerprint density at radius 3 is 1.43 bits per heavy atom. The Bertz CT molecular complexity index is 890. The second kappa shape index (κ2) is 23.2. The average molecular weight is 553 g/mol. The fourth-order valence-corrected chi connectivity index (χ4v) is 3.14. The third-order valence-electron chi connectivity index (χ3n) is 4.32. The van der Waals surface area contributed by atoms with Crippen LogP contribution in [0.3, 0.4) is 0 Å². The van der Waals surface area contributed by atoms with Crippen molar-refractivity contribution in [2.24, 2.45) is 10.8 Å². The predicted octanol–water partition coefficient (Wildman–Crippen LogP) is 4.04. The summed E-state index contributed by atoms with van der Waals surface area (Å²) in [4.78, 5) is 0. The standard InChI is InChI=1S/C16H24OSi.C13H16O.CH4O.CH4.K.H2O/c1-16(2,11-12-18(3,4)5)14-17-13-15-9-7-6-8-10-15;1-4-13(2,3)11-14-10-12-8-6-5-7-9-12;1-2;;;/h6-10H,13-14H2,1-5H3;1,5-9H,10-11H2,2-3H3;2H,1H3;1H4;;1H2/q;;;;+1;/p-1. The van der Waals surface area contributed by atoms with Gasteiger partial charge in [0.1, 0.15) is 8.07 Å². The third-order valence-corrected chi connectivity index (χ3v) is 5.19. The van der Waals surface area contributed by atoms with E-state index in [1.54, 1.807) is 0 Å². The minimum Gasteiger partial charge on any atom is -0.870 e. The number of hydrogen-bond donors (Lipinski definition) is 1. The van der Waals surface area contributed by atoms with Crippen LogP contribution in [0.5, 0.6) is 0 Å². The smallest absolute Gasteiger partial charge is 0.870 e. The average Bonchev–Trinajstić information content (AvgIpc) is 2.80. The maximum atomic E-state index is 7.00. The summed E-state index contributed by atoms with van der Waals surface area (Å²) in [5.41, 5.74) is 5.58. The molecule has 0 unspecified atom stereocenters. The number of hydrogen-bond acceptors (Lipinski definition) is 4. The second-order valence-corrected chi connectivity index (χ2v) is 15.1. The molecule has 0 atom stereocenters. The van der Waals surface area contributed by atoms with Gasteiger partial charge in [-0.2, -0.15) is 0 Å². The fourth-order valence-electron chi connectivity index (χ4n) is 2.43. The van der Waals surface area contributed by atoms with Crippen LogP contribution in [0.25, 0.3) is 0 Å².